The van der Waals surface area contributed by atoms with Crippen LogP contribution in [0.1, 0.15) is 12.0 Å². The predicted octanol–water partition coefficient (Wildman–Crippen LogP) is 1.55. The second kappa shape index (κ2) is 6.26. The summed E-state index contributed by atoms with van der Waals surface area (Å²) in [6.45, 7) is 2.74. The van der Waals surface area contributed by atoms with Crippen molar-refractivity contribution >= 4 is 29.9 Å². The Morgan fingerprint density at radius 3 is 3.06 bits per heavy atom. The summed E-state index contributed by atoms with van der Waals surface area (Å²) in [5.41, 5.74) is 1.30. The van der Waals surface area contributed by atoms with E-state index in [2.05, 4.69) is 27.8 Å². The number of hydrogen-bond donors (Lipinski definition) is 2. The topological polar surface area (TPSA) is 45.7 Å². The highest BCUT2D eigenvalue weighted by atomic mass is 127. The molecule has 2 heterocycles. The summed E-state index contributed by atoms with van der Waals surface area (Å²) in [4.78, 5) is 4.38. The third kappa shape index (κ3) is 3.07. The minimum Gasteiger partial charge on any atom is -0.488 e. The van der Waals surface area contributed by atoms with E-state index in [0.717, 1.165) is 44.2 Å². The van der Waals surface area contributed by atoms with Gasteiger partial charge in [-0.15, -0.1) is 24.0 Å². The molecule has 1 atom stereocenters. The van der Waals surface area contributed by atoms with Crippen LogP contribution in [0.25, 0.3) is 0 Å². The van der Waals surface area contributed by atoms with Crippen LogP contribution in [-0.4, -0.2) is 31.7 Å². The first kappa shape index (κ1) is 13.5. The van der Waals surface area contributed by atoms with Crippen LogP contribution in [0.2, 0.25) is 0 Å². The van der Waals surface area contributed by atoms with Crippen LogP contribution in [-0.2, 0) is 6.42 Å². The van der Waals surface area contributed by atoms with Gasteiger partial charge in [0.05, 0.1) is 6.54 Å². The molecule has 0 aromatic heterocycles. The zero-order valence-corrected chi connectivity index (χ0v) is 12.5. The maximum Gasteiger partial charge on any atom is 0.191 e. The van der Waals surface area contributed by atoms with Gasteiger partial charge < -0.3 is 15.4 Å². The minimum absolute atomic E-state index is 0. The molecule has 0 saturated heterocycles. The molecule has 0 amide bonds. The molecule has 0 radical (unpaired) electrons. The van der Waals surface area contributed by atoms with Gasteiger partial charge in [0, 0.05) is 19.5 Å². The molecule has 98 valence electrons. The number of aliphatic imine (C=N–C) groups is 1. The second-order valence-corrected chi connectivity index (χ2v) is 4.44. The number of nitrogens with one attached hydrogen (secondary N) is 2. The SMILES string of the molecule is I.c1ccc2c(c1)CC(CNC1=NCCCN1)O2. The summed E-state index contributed by atoms with van der Waals surface area (Å²) >= 11 is 0. The molecule has 5 heteroatoms. The lowest BCUT2D eigenvalue weighted by molar-refractivity contribution is 0.234. The molecule has 0 aliphatic carbocycles. The maximum absolute atomic E-state index is 5.85. The molecule has 2 N–H and O–H groups in total. The summed E-state index contributed by atoms with van der Waals surface area (Å²) in [5, 5.41) is 6.56. The Kier molecular flexibility index (Phi) is 4.68. The zero-order chi connectivity index (χ0) is 11.5. The zero-order valence-electron chi connectivity index (χ0n) is 10.2. The monoisotopic (exact) mass is 359 g/mol. The first-order chi connectivity index (χ1) is 8.42. The number of benzene rings is 1. The summed E-state index contributed by atoms with van der Waals surface area (Å²) in [7, 11) is 0. The van der Waals surface area contributed by atoms with E-state index < -0.39 is 0 Å². The van der Waals surface area contributed by atoms with Crippen molar-refractivity contribution in [2.24, 2.45) is 4.99 Å². The van der Waals surface area contributed by atoms with Gasteiger partial charge in [-0.1, -0.05) is 18.2 Å². The van der Waals surface area contributed by atoms with E-state index in [4.69, 9.17) is 4.74 Å². The van der Waals surface area contributed by atoms with Crippen molar-refractivity contribution in [1.82, 2.24) is 10.6 Å². The van der Waals surface area contributed by atoms with Crippen LogP contribution in [0.15, 0.2) is 29.3 Å². The largest absolute Gasteiger partial charge is 0.488 e. The Morgan fingerprint density at radius 1 is 1.39 bits per heavy atom. The van der Waals surface area contributed by atoms with E-state index in [-0.39, 0.29) is 30.1 Å². The fourth-order valence-electron chi connectivity index (χ4n) is 2.23. The Bertz CT molecular complexity index is 411. The van der Waals surface area contributed by atoms with E-state index in [1.807, 2.05) is 12.1 Å². The molecule has 3 rings (SSSR count). The van der Waals surface area contributed by atoms with Crippen molar-refractivity contribution in [1.29, 1.82) is 0 Å². The van der Waals surface area contributed by atoms with E-state index in [1.54, 1.807) is 0 Å². The average molecular weight is 359 g/mol. The Balaban J connectivity index is 0.00000120. The molecule has 0 spiro atoms. The predicted molar refractivity (Wildman–Crippen MR) is 82.9 cm³/mol. The number of hydrogen-bond acceptors (Lipinski definition) is 4. The smallest absolute Gasteiger partial charge is 0.191 e. The first-order valence-electron chi connectivity index (χ1n) is 6.18. The summed E-state index contributed by atoms with van der Waals surface area (Å²) in [6, 6.07) is 8.24. The number of para-hydroxylation sites is 1. The van der Waals surface area contributed by atoms with Gasteiger partial charge in [0.1, 0.15) is 11.9 Å². The summed E-state index contributed by atoms with van der Waals surface area (Å²) in [5.74, 6) is 1.94. The van der Waals surface area contributed by atoms with Crippen LogP contribution in [0, 0.1) is 0 Å². The highest BCUT2D eigenvalue weighted by Gasteiger charge is 2.22. The highest BCUT2D eigenvalue weighted by Crippen LogP contribution is 2.27. The molecule has 4 nitrogen and oxygen atoms in total. The molecule has 0 fully saturated rings. The lowest BCUT2D eigenvalue weighted by atomic mass is 10.1. The molecule has 18 heavy (non-hydrogen) atoms. The molecule has 0 bridgehead atoms. The third-order valence-electron chi connectivity index (χ3n) is 3.11. The highest BCUT2D eigenvalue weighted by molar-refractivity contribution is 14.0. The summed E-state index contributed by atoms with van der Waals surface area (Å²) in [6.07, 6.45) is 2.33. The standard InChI is InChI=1S/C13H17N3O.HI/c1-2-5-12-10(4-1)8-11(17-12)9-16-13-14-6-3-7-15-13;/h1-2,4-5,11H,3,6-9H2,(H2,14,15,16);1H. The van der Waals surface area contributed by atoms with Crippen LogP contribution < -0.4 is 15.4 Å². The third-order valence-corrected chi connectivity index (χ3v) is 3.11. The molecule has 1 aromatic carbocycles. The van der Waals surface area contributed by atoms with Gasteiger partial charge in [-0.2, -0.15) is 0 Å². The second-order valence-electron chi connectivity index (χ2n) is 4.44. The molecule has 2 aliphatic rings. The lowest BCUT2D eigenvalue weighted by Gasteiger charge is -2.18. The number of ether oxygens (including phenoxy) is 1. The average Bonchev–Trinajstić information content (AvgIpc) is 2.80. The van der Waals surface area contributed by atoms with Crippen molar-refractivity contribution in [2.75, 3.05) is 19.6 Å². The molecular weight excluding hydrogens is 341 g/mol. The van der Waals surface area contributed by atoms with Crippen LogP contribution in [0.5, 0.6) is 5.75 Å². The normalized spacial score (nSPS) is 20.9. The number of fused-ring (bicyclic) bond motifs is 1. The maximum atomic E-state index is 5.85. The lowest BCUT2D eigenvalue weighted by Crippen LogP contribution is -2.44. The van der Waals surface area contributed by atoms with Crippen molar-refractivity contribution in [2.45, 2.75) is 18.9 Å². The van der Waals surface area contributed by atoms with Gasteiger partial charge >= 0.3 is 0 Å². The van der Waals surface area contributed by atoms with E-state index >= 15 is 0 Å². The van der Waals surface area contributed by atoms with Gasteiger partial charge in [0.2, 0.25) is 0 Å². The fourth-order valence-corrected chi connectivity index (χ4v) is 2.23. The molecule has 0 saturated carbocycles. The van der Waals surface area contributed by atoms with Crippen LogP contribution in [0.4, 0.5) is 0 Å². The van der Waals surface area contributed by atoms with Gasteiger partial charge in [-0.25, -0.2) is 0 Å². The van der Waals surface area contributed by atoms with E-state index in [9.17, 15) is 0 Å². The number of rotatable bonds is 2. The quantitative estimate of drug-likeness (QED) is 0.788. The Hall–Kier alpha value is -0.980. The van der Waals surface area contributed by atoms with Crippen molar-refractivity contribution in [3.8, 4) is 5.75 Å². The molecule has 1 unspecified atom stereocenters. The van der Waals surface area contributed by atoms with Crippen LogP contribution in [0.3, 0.4) is 0 Å². The number of halogens is 1. The summed E-state index contributed by atoms with van der Waals surface area (Å²) < 4.78 is 5.85. The van der Waals surface area contributed by atoms with Gasteiger partial charge in [-0.05, 0) is 18.1 Å². The fraction of sp³-hybridized carbons (Fsp3) is 0.462. The van der Waals surface area contributed by atoms with Crippen LogP contribution >= 0.6 is 24.0 Å². The minimum atomic E-state index is 0. The molecule has 1 aromatic rings. The van der Waals surface area contributed by atoms with Crippen molar-refractivity contribution < 1.29 is 4.74 Å². The number of nitrogens with zero attached hydrogens (tertiary/aromatic N) is 1. The molecule has 2 aliphatic heterocycles. The van der Waals surface area contributed by atoms with E-state index in [1.165, 1.54) is 5.56 Å². The molecular formula is C13H18IN3O. The Labute approximate surface area is 124 Å². The van der Waals surface area contributed by atoms with Crippen molar-refractivity contribution in [3.05, 3.63) is 29.8 Å². The van der Waals surface area contributed by atoms with E-state index in [0.29, 0.717) is 0 Å². The number of guanidine groups is 1. The van der Waals surface area contributed by atoms with Crippen molar-refractivity contribution in [3.63, 3.8) is 0 Å². The first-order valence-corrected chi connectivity index (χ1v) is 6.18. The Morgan fingerprint density at radius 2 is 2.28 bits per heavy atom. The van der Waals surface area contributed by atoms with Gasteiger partial charge in [-0.3, -0.25) is 4.99 Å². The van der Waals surface area contributed by atoms with Gasteiger partial charge in [0.15, 0.2) is 5.96 Å². The van der Waals surface area contributed by atoms with Gasteiger partial charge in [0.25, 0.3) is 0 Å².